The second-order valence-corrected chi connectivity index (χ2v) is 7.71. The van der Waals surface area contributed by atoms with Gasteiger partial charge in [-0.05, 0) is 18.8 Å². The van der Waals surface area contributed by atoms with Crippen LogP contribution in [0.15, 0.2) is 12.4 Å². The maximum atomic E-state index is 12.7. The van der Waals surface area contributed by atoms with Crippen LogP contribution in [-0.2, 0) is 4.74 Å². The normalized spacial score (nSPS) is 23.6. The molecule has 2 aromatic heterocycles. The fourth-order valence-corrected chi connectivity index (χ4v) is 5.27. The Labute approximate surface area is 149 Å². The first-order valence-corrected chi connectivity index (χ1v) is 9.56. The summed E-state index contributed by atoms with van der Waals surface area (Å²) in [6.07, 6.45) is 5.71. The van der Waals surface area contributed by atoms with Gasteiger partial charge in [0.2, 0.25) is 0 Å². The number of amides is 1. The molecule has 0 bridgehead atoms. The van der Waals surface area contributed by atoms with E-state index in [4.69, 9.17) is 9.47 Å². The van der Waals surface area contributed by atoms with Gasteiger partial charge in [0, 0.05) is 37.6 Å². The summed E-state index contributed by atoms with van der Waals surface area (Å²) in [4.78, 5) is 16.9. The maximum Gasteiger partial charge on any atom is 0.263 e. The van der Waals surface area contributed by atoms with Gasteiger partial charge in [-0.1, -0.05) is 0 Å². The first-order valence-electron chi connectivity index (χ1n) is 8.74. The number of hydrogen-bond acceptors (Lipinski definition) is 6. The Kier molecular flexibility index (Phi) is 3.67. The van der Waals surface area contributed by atoms with Crippen LogP contribution < -0.4 is 15.0 Å². The van der Waals surface area contributed by atoms with E-state index in [1.165, 1.54) is 11.3 Å². The molecule has 0 unspecified atom stereocenters. The van der Waals surface area contributed by atoms with Gasteiger partial charge in [0.15, 0.2) is 5.75 Å². The fraction of sp³-hybridized carbons (Fsp3) is 0.529. The zero-order valence-corrected chi connectivity index (χ0v) is 14.6. The molecule has 2 aromatic rings. The maximum absolute atomic E-state index is 12.7. The lowest BCUT2D eigenvalue weighted by molar-refractivity contribution is 0.0566. The van der Waals surface area contributed by atoms with Crippen molar-refractivity contribution in [3.8, 4) is 16.2 Å². The van der Waals surface area contributed by atoms with Gasteiger partial charge in [-0.3, -0.25) is 9.89 Å². The van der Waals surface area contributed by atoms with E-state index in [1.54, 1.807) is 6.20 Å². The predicted octanol–water partition coefficient (Wildman–Crippen LogP) is 1.88. The molecule has 0 radical (unpaired) electrons. The summed E-state index contributed by atoms with van der Waals surface area (Å²) in [5.74, 6) is 1.37. The molecule has 25 heavy (non-hydrogen) atoms. The molecule has 3 aliphatic rings. The Hall–Kier alpha value is -2.06. The third kappa shape index (κ3) is 2.43. The molecular weight excluding hydrogens is 340 g/mol. The third-order valence-electron chi connectivity index (χ3n) is 5.36. The van der Waals surface area contributed by atoms with Crippen LogP contribution in [0, 0.1) is 5.92 Å². The SMILES string of the molecule is O=C1NC[C@@H](C2CCOCC2)N2CCOc3c(-c4cn[nH]c4)sc1c32. The van der Waals surface area contributed by atoms with Crippen molar-refractivity contribution < 1.29 is 14.3 Å². The summed E-state index contributed by atoms with van der Waals surface area (Å²) in [5.41, 5.74) is 1.93. The third-order valence-corrected chi connectivity index (χ3v) is 6.56. The Morgan fingerprint density at radius 3 is 2.92 bits per heavy atom. The van der Waals surface area contributed by atoms with Gasteiger partial charge in [-0.2, -0.15) is 5.10 Å². The van der Waals surface area contributed by atoms with Crippen LogP contribution in [0.1, 0.15) is 22.5 Å². The first-order chi connectivity index (χ1) is 12.3. The minimum absolute atomic E-state index is 0.000976. The van der Waals surface area contributed by atoms with Crippen LogP contribution >= 0.6 is 11.3 Å². The molecule has 0 aliphatic carbocycles. The number of thiophene rings is 1. The van der Waals surface area contributed by atoms with Gasteiger partial charge in [0.25, 0.3) is 5.91 Å². The molecule has 3 aliphatic heterocycles. The number of nitrogens with zero attached hydrogens (tertiary/aromatic N) is 2. The van der Waals surface area contributed by atoms with E-state index in [2.05, 4.69) is 20.4 Å². The highest BCUT2D eigenvalue weighted by Crippen LogP contribution is 2.51. The van der Waals surface area contributed by atoms with E-state index in [9.17, 15) is 4.79 Å². The number of aromatic nitrogens is 2. The molecule has 1 fully saturated rings. The lowest BCUT2D eigenvalue weighted by Gasteiger charge is -2.41. The molecular formula is C17H20N4O3S. The lowest BCUT2D eigenvalue weighted by Crippen LogP contribution is -2.50. The zero-order valence-electron chi connectivity index (χ0n) is 13.8. The quantitative estimate of drug-likeness (QED) is 0.855. The van der Waals surface area contributed by atoms with Gasteiger partial charge >= 0.3 is 0 Å². The first kappa shape index (κ1) is 15.2. The minimum Gasteiger partial charge on any atom is -0.488 e. The van der Waals surface area contributed by atoms with E-state index in [-0.39, 0.29) is 5.91 Å². The van der Waals surface area contributed by atoms with E-state index in [1.807, 2.05) is 6.20 Å². The summed E-state index contributed by atoms with van der Waals surface area (Å²) in [6, 6.07) is 0.295. The predicted molar refractivity (Wildman–Crippen MR) is 94.4 cm³/mol. The van der Waals surface area contributed by atoms with Crippen molar-refractivity contribution >= 4 is 22.9 Å². The number of ether oxygens (including phenoxy) is 2. The van der Waals surface area contributed by atoms with Gasteiger partial charge in [0.1, 0.15) is 17.2 Å². The standard InChI is InChI=1S/C17H20N4O3S/c22-17-16-13-14(15(25-16)11-7-19-20-8-11)24-6-3-21(13)12(9-18-17)10-1-4-23-5-2-10/h7-8,10,12H,1-6,9H2,(H,18,22)(H,19,20)/t12-/m0/s1. The largest absolute Gasteiger partial charge is 0.488 e. The summed E-state index contributed by atoms with van der Waals surface area (Å²) < 4.78 is 11.6. The minimum atomic E-state index is 0.000976. The number of nitrogens with one attached hydrogen (secondary N) is 2. The molecule has 8 heteroatoms. The van der Waals surface area contributed by atoms with Gasteiger partial charge in [0.05, 0.1) is 17.6 Å². The molecule has 5 heterocycles. The molecule has 7 nitrogen and oxygen atoms in total. The van der Waals surface area contributed by atoms with Crippen LogP contribution in [0.2, 0.25) is 0 Å². The van der Waals surface area contributed by atoms with E-state index >= 15 is 0 Å². The van der Waals surface area contributed by atoms with Crippen LogP contribution in [0.4, 0.5) is 5.69 Å². The number of carbonyl (C=O) groups is 1. The van der Waals surface area contributed by atoms with Crippen LogP contribution in [0.3, 0.4) is 0 Å². The summed E-state index contributed by atoms with van der Waals surface area (Å²) >= 11 is 1.49. The summed E-state index contributed by atoms with van der Waals surface area (Å²) in [7, 11) is 0. The van der Waals surface area contributed by atoms with Crippen LogP contribution in [0.5, 0.6) is 5.75 Å². The van der Waals surface area contributed by atoms with Gasteiger partial charge < -0.3 is 19.7 Å². The molecule has 1 amide bonds. The number of H-pyrrole nitrogens is 1. The lowest BCUT2D eigenvalue weighted by atomic mass is 9.90. The van der Waals surface area contributed by atoms with Crippen molar-refractivity contribution in [2.24, 2.45) is 5.92 Å². The highest BCUT2D eigenvalue weighted by atomic mass is 32.1. The molecule has 5 rings (SSSR count). The molecule has 132 valence electrons. The van der Waals surface area contributed by atoms with Crippen molar-refractivity contribution in [3.63, 3.8) is 0 Å². The number of hydrogen-bond donors (Lipinski definition) is 2. The highest BCUT2D eigenvalue weighted by molar-refractivity contribution is 7.18. The molecule has 1 saturated heterocycles. The van der Waals surface area contributed by atoms with Gasteiger partial charge in [-0.25, -0.2) is 0 Å². The van der Waals surface area contributed by atoms with Crippen molar-refractivity contribution in [2.45, 2.75) is 18.9 Å². The Balaban J connectivity index is 1.61. The topological polar surface area (TPSA) is 79.5 Å². The summed E-state index contributed by atoms with van der Waals surface area (Å²) in [6.45, 7) is 3.76. The van der Waals surface area contributed by atoms with Crippen molar-refractivity contribution in [1.29, 1.82) is 0 Å². The van der Waals surface area contributed by atoms with Crippen molar-refractivity contribution in [1.82, 2.24) is 15.5 Å². The molecule has 0 saturated carbocycles. The molecule has 1 atom stereocenters. The molecule has 0 aromatic carbocycles. The smallest absolute Gasteiger partial charge is 0.263 e. The average Bonchev–Trinajstić information content (AvgIpc) is 3.27. The average molecular weight is 360 g/mol. The van der Waals surface area contributed by atoms with Crippen LogP contribution in [0.25, 0.3) is 10.4 Å². The van der Waals surface area contributed by atoms with E-state index in [0.717, 1.165) is 59.4 Å². The summed E-state index contributed by atoms with van der Waals surface area (Å²) in [5, 5.41) is 10.0. The second-order valence-electron chi connectivity index (χ2n) is 6.69. The number of carbonyl (C=O) groups excluding carboxylic acids is 1. The monoisotopic (exact) mass is 360 g/mol. The molecule has 0 spiro atoms. The fourth-order valence-electron chi connectivity index (χ4n) is 4.12. The van der Waals surface area contributed by atoms with E-state index < -0.39 is 0 Å². The van der Waals surface area contributed by atoms with Crippen LogP contribution in [-0.4, -0.2) is 55.1 Å². The Morgan fingerprint density at radius 2 is 2.12 bits per heavy atom. The Bertz CT molecular complexity index is 782. The number of aromatic amines is 1. The zero-order chi connectivity index (χ0) is 16.8. The van der Waals surface area contributed by atoms with E-state index in [0.29, 0.717) is 25.1 Å². The van der Waals surface area contributed by atoms with Gasteiger partial charge in [-0.15, -0.1) is 11.3 Å². The highest BCUT2D eigenvalue weighted by Gasteiger charge is 2.40. The second kappa shape index (κ2) is 6.03. The van der Waals surface area contributed by atoms with Crippen molar-refractivity contribution in [2.75, 3.05) is 37.8 Å². The Morgan fingerprint density at radius 1 is 1.24 bits per heavy atom. The number of anilines is 1. The number of rotatable bonds is 2. The van der Waals surface area contributed by atoms with Crippen molar-refractivity contribution in [3.05, 3.63) is 17.3 Å². The molecule has 2 N–H and O–H groups in total.